The minimum Gasteiger partial charge on any atom is -0.451 e. The number of rotatable bonds is 7. The fraction of sp³-hybridized carbons (Fsp3) is 0.200. The van der Waals surface area contributed by atoms with Gasteiger partial charge in [0, 0.05) is 18.6 Å². The van der Waals surface area contributed by atoms with Crippen LogP contribution in [0.5, 0.6) is 0 Å². The molecule has 0 saturated heterocycles. The number of aromatic nitrogens is 3. The maximum atomic E-state index is 12.7. The Labute approximate surface area is 167 Å². The van der Waals surface area contributed by atoms with Gasteiger partial charge in [0.1, 0.15) is 5.76 Å². The van der Waals surface area contributed by atoms with E-state index in [9.17, 15) is 9.90 Å². The molecule has 9 nitrogen and oxygen atoms in total. The maximum Gasteiger partial charge on any atom is 0.291 e. The summed E-state index contributed by atoms with van der Waals surface area (Å²) in [6.07, 6.45) is 6.25. The zero-order valence-electron chi connectivity index (χ0n) is 16.1. The second-order valence-corrected chi connectivity index (χ2v) is 6.93. The molecule has 1 amide bonds. The predicted molar refractivity (Wildman–Crippen MR) is 109 cm³/mol. The maximum absolute atomic E-state index is 12.7. The third-order valence-electron chi connectivity index (χ3n) is 3.79. The summed E-state index contributed by atoms with van der Waals surface area (Å²) >= 11 is 0. The van der Waals surface area contributed by atoms with Gasteiger partial charge in [0.25, 0.3) is 5.91 Å². The lowest BCUT2D eigenvalue weighted by atomic mass is 10.1. The van der Waals surface area contributed by atoms with Crippen LogP contribution in [0.3, 0.4) is 0 Å². The molecule has 150 valence electrons. The number of aliphatic hydroxyl groups is 1. The largest absolute Gasteiger partial charge is 0.451 e. The van der Waals surface area contributed by atoms with Gasteiger partial charge in [0.15, 0.2) is 5.76 Å². The minimum atomic E-state index is -0.994. The van der Waals surface area contributed by atoms with Crippen LogP contribution in [-0.2, 0) is 0 Å². The molecule has 0 unspecified atom stereocenters. The smallest absolute Gasteiger partial charge is 0.291 e. The highest BCUT2D eigenvalue weighted by Crippen LogP contribution is 2.21. The quantitative estimate of drug-likeness (QED) is 0.451. The van der Waals surface area contributed by atoms with Crippen molar-refractivity contribution in [2.24, 2.45) is 10.7 Å². The van der Waals surface area contributed by atoms with Gasteiger partial charge in [-0.25, -0.2) is 0 Å². The molecular formula is C20H22N6O3. The van der Waals surface area contributed by atoms with E-state index in [2.05, 4.69) is 25.5 Å². The SMILES string of the molecule is CC(C)(O)CN=C/C(NC(=O)c1ccc(-c2cn[nH]c2)o1)=C(\N)c1ccccn1. The van der Waals surface area contributed by atoms with Crippen LogP contribution in [0.25, 0.3) is 17.0 Å². The van der Waals surface area contributed by atoms with Crippen LogP contribution in [0.2, 0.25) is 0 Å². The van der Waals surface area contributed by atoms with Crippen LogP contribution in [-0.4, -0.2) is 44.6 Å². The summed E-state index contributed by atoms with van der Waals surface area (Å²) < 4.78 is 5.60. The zero-order valence-corrected chi connectivity index (χ0v) is 16.1. The lowest BCUT2D eigenvalue weighted by Gasteiger charge is -2.14. The Morgan fingerprint density at radius 1 is 1.38 bits per heavy atom. The van der Waals surface area contributed by atoms with Gasteiger partial charge >= 0.3 is 0 Å². The monoisotopic (exact) mass is 394 g/mol. The number of hydrogen-bond donors (Lipinski definition) is 4. The molecule has 3 aromatic heterocycles. The molecule has 0 bridgehead atoms. The molecule has 0 aliphatic carbocycles. The van der Waals surface area contributed by atoms with Crippen molar-refractivity contribution in [2.75, 3.05) is 6.54 Å². The van der Waals surface area contributed by atoms with Gasteiger partial charge in [0.05, 0.1) is 41.0 Å². The second-order valence-electron chi connectivity index (χ2n) is 6.93. The van der Waals surface area contributed by atoms with Gasteiger partial charge in [0.2, 0.25) is 0 Å². The Kier molecular flexibility index (Phi) is 5.89. The first kappa shape index (κ1) is 20.0. The number of aromatic amines is 1. The van der Waals surface area contributed by atoms with E-state index in [1.54, 1.807) is 62.8 Å². The number of amides is 1. The summed E-state index contributed by atoms with van der Waals surface area (Å²) in [5.41, 5.74) is 6.90. The fourth-order valence-corrected chi connectivity index (χ4v) is 2.37. The molecule has 0 atom stereocenters. The molecule has 29 heavy (non-hydrogen) atoms. The van der Waals surface area contributed by atoms with E-state index < -0.39 is 11.5 Å². The van der Waals surface area contributed by atoms with Gasteiger partial charge in [-0.15, -0.1) is 0 Å². The Balaban J connectivity index is 1.85. The molecule has 0 aliphatic rings. The van der Waals surface area contributed by atoms with E-state index in [0.29, 0.717) is 11.5 Å². The van der Waals surface area contributed by atoms with Crippen LogP contribution in [0.15, 0.2) is 64.0 Å². The number of allylic oxidation sites excluding steroid dienone is 1. The molecular weight excluding hydrogens is 372 g/mol. The minimum absolute atomic E-state index is 0.100. The normalized spacial score (nSPS) is 12.8. The number of carbonyl (C=O) groups is 1. The molecule has 3 aromatic rings. The van der Waals surface area contributed by atoms with Crippen molar-refractivity contribution in [2.45, 2.75) is 19.4 Å². The number of pyridine rings is 1. The highest BCUT2D eigenvalue weighted by Gasteiger charge is 2.16. The third kappa shape index (κ3) is 5.39. The number of nitrogens with one attached hydrogen (secondary N) is 2. The summed E-state index contributed by atoms with van der Waals surface area (Å²) in [6, 6.07) is 8.49. The molecule has 0 fully saturated rings. The highest BCUT2D eigenvalue weighted by molar-refractivity contribution is 6.00. The number of nitrogens with two attached hydrogens (primary N) is 1. The second kappa shape index (κ2) is 8.53. The molecule has 3 heterocycles. The van der Waals surface area contributed by atoms with Crippen LogP contribution >= 0.6 is 0 Å². The number of H-pyrrole nitrogens is 1. The molecule has 0 aliphatic heterocycles. The number of furan rings is 1. The van der Waals surface area contributed by atoms with Crippen molar-refractivity contribution in [1.82, 2.24) is 20.5 Å². The van der Waals surface area contributed by atoms with E-state index in [1.807, 2.05) is 0 Å². The summed E-state index contributed by atoms with van der Waals surface area (Å²) in [6.45, 7) is 3.40. The van der Waals surface area contributed by atoms with Crippen LogP contribution < -0.4 is 11.1 Å². The topological polar surface area (TPSA) is 142 Å². The Morgan fingerprint density at radius 2 is 2.21 bits per heavy atom. The van der Waals surface area contributed by atoms with Crippen LogP contribution in [0.4, 0.5) is 0 Å². The van der Waals surface area contributed by atoms with Crippen molar-refractivity contribution < 1.29 is 14.3 Å². The number of nitrogens with zero attached hydrogens (tertiary/aromatic N) is 3. The van der Waals surface area contributed by atoms with Crippen molar-refractivity contribution in [3.63, 3.8) is 0 Å². The first-order valence-corrected chi connectivity index (χ1v) is 8.87. The summed E-state index contributed by atoms with van der Waals surface area (Å²) in [4.78, 5) is 21.1. The summed E-state index contributed by atoms with van der Waals surface area (Å²) in [7, 11) is 0. The fourth-order valence-electron chi connectivity index (χ4n) is 2.37. The molecule has 0 radical (unpaired) electrons. The first-order chi connectivity index (χ1) is 13.8. The van der Waals surface area contributed by atoms with Crippen LogP contribution in [0, 0.1) is 0 Å². The Bertz CT molecular complexity index is 1010. The average Bonchev–Trinajstić information content (AvgIpc) is 3.37. The lowest BCUT2D eigenvalue weighted by Crippen LogP contribution is -2.27. The predicted octanol–water partition coefficient (Wildman–Crippen LogP) is 1.96. The molecule has 0 saturated carbocycles. The summed E-state index contributed by atoms with van der Waals surface area (Å²) in [5, 5.41) is 19.1. The van der Waals surface area contributed by atoms with Crippen molar-refractivity contribution >= 4 is 17.8 Å². The third-order valence-corrected chi connectivity index (χ3v) is 3.79. The molecule has 5 N–H and O–H groups in total. The van der Waals surface area contributed by atoms with Crippen molar-refractivity contribution in [1.29, 1.82) is 0 Å². The average molecular weight is 394 g/mol. The van der Waals surface area contributed by atoms with E-state index in [0.717, 1.165) is 5.56 Å². The molecule has 0 spiro atoms. The van der Waals surface area contributed by atoms with E-state index in [-0.39, 0.29) is 23.7 Å². The number of aliphatic imine (C=N–C) groups is 1. The van der Waals surface area contributed by atoms with E-state index in [4.69, 9.17) is 10.2 Å². The highest BCUT2D eigenvalue weighted by atomic mass is 16.4. The molecule has 3 rings (SSSR count). The van der Waals surface area contributed by atoms with Crippen molar-refractivity contribution in [3.8, 4) is 11.3 Å². The lowest BCUT2D eigenvalue weighted by molar-refractivity contribution is 0.0906. The summed E-state index contributed by atoms with van der Waals surface area (Å²) in [5.74, 6) is 0.106. The van der Waals surface area contributed by atoms with Crippen LogP contribution in [0.1, 0.15) is 30.1 Å². The van der Waals surface area contributed by atoms with Gasteiger partial charge in [-0.1, -0.05) is 6.07 Å². The Hall–Kier alpha value is -3.72. The number of carbonyl (C=O) groups excluding carboxylic acids is 1. The van der Waals surface area contributed by atoms with Gasteiger partial charge in [-0.2, -0.15) is 5.10 Å². The Morgan fingerprint density at radius 3 is 2.86 bits per heavy atom. The standard InChI is InChI=1S/C20H22N6O3/c1-20(2,28)12-22-11-15(18(21)14-5-3-4-8-23-14)26-19(27)17-7-6-16(29-17)13-9-24-25-10-13/h3-11,28H,12,21H2,1-2H3,(H,24,25)(H,26,27)/b18-15+,22-11?. The zero-order chi connectivity index (χ0) is 20.9. The first-order valence-electron chi connectivity index (χ1n) is 8.87. The van der Waals surface area contributed by atoms with Gasteiger partial charge in [-0.3, -0.25) is 19.9 Å². The van der Waals surface area contributed by atoms with E-state index in [1.165, 1.54) is 6.21 Å². The van der Waals surface area contributed by atoms with Gasteiger partial charge < -0.3 is 20.6 Å². The van der Waals surface area contributed by atoms with Crippen molar-refractivity contribution in [3.05, 3.63) is 66.1 Å². The van der Waals surface area contributed by atoms with Gasteiger partial charge in [-0.05, 0) is 38.1 Å². The molecule has 0 aromatic carbocycles. The molecule has 9 heteroatoms. The van der Waals surface area contributed by atoms with E-state index >= 15 is 0 Å². The number of hydrogen-bond acceptors (Lipinski definition) is 7.